The van der Waals surface area contributed by atoms with Gasteiger partial charge in [-0.3, -0.25) is 5.32 Å². The molecule has 56 valence electrons. The number of carbonyl (C=O) groups is 2. The van der Waals surface area contributed by atoms with E-state index in [2.05, 4.69) is 5.32 Å². The number of hydrogen-bond donors (Lipinski definition) is 3. The molecule has 1 aliphatic rings. The number of nitrogens with one attached hydrogen (secondary N) is 1. The van der Waals surface area contributed by atoms with Crippen molar-refractivity contribution in [1.29, 1.82) is 0 Å². The van der Waals surface area contributed by atoms with E-state index in [-0.39, 0.29) is 6.54 Å². The van der Waals surface area contributed by atoms with Crippen molar-refractivity contribution in [2.45, 2.75) is 0 Å². The molecule has 0 aliphatic carbocycles. The molecular weight excluding hydrogens is 136 g/mol. The fourth-order valence-electron chi connectivity index (χ4n) is 0.792. The molecule has 1 unspecified atom stereocenters. The normalized spacial score (nSPS) is 31.9. The van der Waals surface area contributed by atoms with Gasteiger partial charge in [0.05, 0.1) is 6.54 Å². The maximum atomic E-state index is 10.8. The minimum absolute atomic E-state index is 0.230. The van der Waals surface area contributed by atoms with Gasteiger partial charge in [0, 0.05) is 0 Å². The van der Waals surface area contributed by atoms with Crippen LogP contribution in [0.4, 0.5) is 9.59 Å². The Morgan fingerprint density at radius 1 is 1.70 bits per heavy atom. The number of hydrogen-bond acceptors (Lipinski definition) is 3. The summed E-state index contributed by atoms with van der Waals surface area (Å²) in [7, 11) is 0. The number of imide groups is 1. The molecule has 1 saturated heterocycles. The van der Waals surface area contributed by atoms with E-state index in [0.29, 0.717) is 6.54 Å². The molecule has 1 atom stereocenters. The number of quaternary nitrogens is 1. The first-order valence-electron chi connectivity index (χ1n) is 2.82. The predicted molar refractivity (Wildman–Crippen MR) is 32.3 cm³/mol. The number of carbonyl (C=O) groups excluding carboxylic acids is 2. The Labute approximate surface area is 57.3 Å². The summed E-state index contributed by atoms with van der Waals surface area (Å²) in [6, 6.07) is -1.36. The average Bonchev–Trinajstić information content (AvgIpc) is 2.15. The maximum absolute atomic E-state index is 10.8. The van der Waals surface area contributed by atoms with Crippen LogP contribution in [0.25, 0.3) is 0 Å². The number of rotatable bonds is 0. The van der Waals surface area contributed by atoms with Crippen molar-refractivity contribution in [3.8, 4) is 0 Å². The third-order valence-electron chi connectivity index (χ3n) is 1.50. The highest BCUT2D eigenvalue weighted by molar-refractivity contribution is 5.82. The monoisotopic (exact) mass is 145 g/mol. The molecule has 1 heterocycles. The highest BCUT2D eigenvalue weighted by Crippen LogP contribution is 2.02. The first kappa shape index (κ1) is 6.97. The molecule has 0 aromatic rings. The highest BCUT2D eigenvalue weighted by Gasteiger charge is 2.44. The van der Waals surface area contributed by atoms with Crippen LogP contribution in [-0.4, -0.2) is 29.7 Å². The van der Waals surface area contributed by atoms with E-state index in [1.807, 2.05) is 0 Å². The van der Waals surface area contributed by atoms with E-state index in [0.717, 1.165) is 0 Å². The predicted octanol–water partition coefficient (Wildman–Crippen LogP) is -1.52. The van der Waals surface area contributed by atoms with Crippen LogP contribution in [0.15, 0.2) is 0 Å². The molecule has 0 aromatic heterocycles. The molecule has 0 saturated carbocycles. The molecule has 1 rings (SSSR count). The molecule has 0 aromatic carbocycles. The van der Waals surface area contributed by atoms with E-state index in [4.69, 9.17) is 11.6 Å². The molecule has 5 N–H and O–H groups in total. The smallest absolute Gasteiger partial charge is 0.317 e. The van der Waals surface area contributed by atoms with Crippen LogP contribution in [0, 0.1) is 0 Å². The summed E-state index contributed by atoms with van der Waals surface area (Å²) in [5.41, 5.74) is 4.87. The van der Waals surface area contributed by atoms with Crippen LogP contribution in [0.1, 0.15) is 0 Å². The third-order valence-corrected chi connectivity index (χ3v) is 1.50. The Hall–Kier alpha value is -1.14. The summed E-state index contributed by atoms with van der Waals surface area (Å²) in [4.78, 5) is 21.3. The second kappa shape index (κ2) is 1.93. The molecule has 0 spiro atoms. The van der Waals surface area contributed by atoms with Gasteiger partial charge in [-0.05, 0) is 0 Å². The van der Waals surface area contributed by atoms with E-state index >= 15 is 0 Å². The largest absolute Gasteiger partial charge is 0.445 e. The molecular formula is C4H9N4O2+. The molecule has 0 radical (unpaired) electrons. The van der Waals surface area contributed by atoms with Gasteiger partial charge < -0.3 is 5.73 Å². The number of nitrogens with zero attached hydrogens (tertiary/aromatic N) is 1. The van der Waals surface area contributed by atoms with Crippen LogP contribution >= 0.6 is 0 Å². The van der Waals surface area contributed by atoms with Crippen molar-refractivity contribution in [3.05, 3.63) is 0 Å². The number of amides is 4. The zero-order chi connectivity index (χ0) is 7.78. The van der Waals surface area contributed by atoms with Crippen molar-refractivity contribution in [2.24, 2.45) is 11.6 Å². The summed E-state index contributed by atoms with van der Waals surface area (Å²) in [5, 5.41) is 2.40. The Bertz CT molecular complexity index is 192. The minimum atomic E-state index is -0.824. The maximum Gasteiger partial charge on any atom is 0.445 e. The van der Waals surface area contributed by atoms with Gasteiger partial charge in [-0.1, -0.05) is 4.59 Å². The molecule has 1 aliphatic heterocycles. The third kappa shape index (κ3) is 0.739. The summed E-state index contributed by atoms with van der Waals surface area (Å²) in [5.74, 6) is 5.30. The van der Waals surface area contributed by atoms with E-state index in [9.17, 15) is 9.59 Å². The molecule has 1 fully saturated rings. The van der Waals surface area contributed by atoms with Crippen molar-refractivity contribution in [1.82, 2.24) is 5.32 Å². The lowest BCUT2D eigenvalue weighted by Gasteiger charge is -2.15. The van der Waals surface area contributed by atoms with E-state index in [1.165, 1.54) is 0 Å². The van der Waals surface area contributed by atoms with Crippen LogP contribution in [0.2, 0.25) is 0 Å². The Kier molecular flexibility index (Phi) is 1.34. The zero-order valence-corrected chi connectivity index (χ0v) is 5.33. The topological polar surface area (TPSA) is 98.2 Å². The van der Waals surface area contributed by atoms with Crippen LogP contribution in [0.3, 0.4) is 0 Å². The van der Waals surface area contributed by atoms with Crippen LogP contribution in [-0.2, 0) is 0 Å². The molecule has 4 amide bonds. The van der Waals surface area contributed by atoms with Gasteiger partial charge in [0.25, 0.3) is 0 Å². The second-order valence-corrected chi connectivity index (χ2v) is 2.16. The van der Waals surface area contributed by atoms with E-state index < -0.39 is 16.7 Å². The first-order chi connectivity index (χ1) is 4.57. The number of primary amides is 1. The Morgan fingerprint density at radius 2 is 2.30 bits per heavy atom. The standard InChI is InChI=1S/C4H8N4O2/c5-3(9)8(6)2-1-7-4(8)10/h1-2,6H2,(H2-,5,7,9,10)/p+1. The van der Waals surface area contributed by atoms with Crippen molar-refractivity contribution in [3.63, 3.8) is 0 Å². The molecule has 10 heavy (non-hydrogen) atoms. The van der Waals surface area contributed by atoms with Gasteiger partial charge in [-0.25, -0.2) is 9.59 Å². The lowest BCUT2D eigenvalue weighted by molar-refractivity contribution is -0.768. The fourth-order valence-corrected chi connectivity index (χ4v) is 0.792. The zero-order valence-electron chi connectivity index (χ0n) is 5.33. The lowest BCUT2D eigenvalue weighted by Crippen LogP contribution is -2.62. The molecule has 6 heteroatoms. The summed E-state index contributed by atoms with van der Waals surface area (Å²) >= 11 is 0. The fraction of sp³-hybridized carbons (Fsp3) is 0.500. The Balaban J connectivity index is 2.86. The average molecular weight is 145 g/mol. The van der Waals surface area contributed by atoms with Crippen molar-refractivity contribution < 1.29 is 14.2 Å². The summed E-state index contributed by atoms with van der Waals surface area (Å²) in [6.45, 7) is 0.631. The Morgan fingerprint density at radius 3 is 2.50 bits per heavy atom. The minimum Gasteiger partial charge on any atom is -0.317 e. The highest BCUT2D eigenvalue weighted by atomic mass is 16.2. The number of nitrogens with two attached hydrogens (primary N) is 2. The van der Waals surface area contributed by atoms with Crippen LogP contribution < -0.4 is 16.9 Å². The van der Waals surface area contributed by atoms with Crippen LogP contribution in [0.5, 0.6) is 0 Å². The van der Waals surface area contributed by atoms with Crippen molar-refractivity contribution in [2.75, 3.05) is 13.1 Å². The van der Waals surface area contributed by atoms with Gasteiger partial charge >= 0.3 is 12.1 Å². The SMILES string of the molecule is NC(=O)[N+]1(N)CCNC1=O. The molecule has 6 nitrogen and oxygen atoms in total. The quantitative estimate of drug-likeness (QED) is 0.219. The van der Waals surface area contributed by atoms with Gasteiger partial charge in [-0.2, -0.15) is 5.84 Å². The lowest BCUT2D eigenvalue weighted by atomic mass is 10.6. The first-order valence-corrected chi connectivity index (χ1v) is 2.82. The van der Waals surface area contributed by atoms with E-state index in [1.54, 1.807) is 0 Å². The van der Waals surface area contributed by atoms with Gasteiger partial charge in [-0.15, -0.1) is 0 Å². The summed E-state index contributed by atoms with van der Waals surface area (Å²) < 4.78 is -0.819. The van der Waals surface area contributed by atoms with Gasteiger partial charge in [0.2, 0.25) is 0 Å². The molecule has 0 bridgehead atoms. The van der Waals surface area contributed by atoms with Gasteiger partial charge in [0.1, 0.15) is 6.54 Å². The van der Waals surface area contributed by atoms with Gasteiger partial charge in [0.15, 0.2) is 0 Å². The summed E-state index contributed by atoms with van der Waals surface area (Å²) in [6.07, 6.45) is 0. The second-order valence-electron chi connectivity index (χ2n) is 2.16. The number of urea groups is 2. The van der Waals surface area contributed by atoms with Crippen molar-refractivity contribution >= 4 is 12.1 Å².